The van der Waals surface area contributed by atoms with E-state index in [-0.39, 0.29) is 33.5 Å². The van der Waals surface area contributed by atoms with E-state index in [1.54, 1.807) is 0 Å². The van der Waals surface area contributed by atoms with Crippen molar-refractivity contribution in [3.63, 3.8) is 0 Å². The summed E-state index contributed by atoms with van der Waals surface area (Å²) in [6.45, 7) is 4.40. The molecule has 174 valence electrons. The van der Waals surface area contributed by atoms with Gasteiger partial charge in [-0.05, 0) is 60.7 Å². The summed E-state index contributed by atoms with van der Waals surface area (Å²) in [7, 11) is -3.66. The average Bonchev–Trinajstić information content (AvgIpc) is 2.77. The van der Waals surface area contributed by atoms with Crippen LogP contribution in [0.25, 0.3) is 0 Å². The van der Waals surface area contributed by atoms with Crippen LogP contribution in [0.3, 0.4) is 0 Å². The monoisotopic (exact) mass is 489 g/mol. The molecule has 1 N–H and O–H groups in total. The van der Waals surface area contributed by atoms with Crippen LogP contribution >= 0.6 is 11.6 Å². The average molecular weight is 490 g/mol. The van der Waals surface area contributed by atoms with Crippen LogP contribution in [-0.4, -0.2) is 44.3 Å². The Balaban J connectivity index is 1.61. The third kappa shape index (κ3) is 6.11. The lowest BCUT2D eigenvalue weighted by Crippen LogP contribution is -2.42. The van der Waals surface area contributed by atoms with Gasteiger partial charge in [-0.2, -0.15) is 9.57 Å². The lowest BCUT2D eigenvalue weighted by molar-refractivity contribution is -0.119. The molecule has 0 unspecified atom stereocenters. The van der Waals surface area contributed by atoms with Gasteiger partial charge in [0.2, 0.25) is 10.0 Å². The standard InChI is InChI=1S/C23H24ClN3O5S/c1-15-9-16(2)13-27(12-15)33(30,31)20-7-4-17(5-8-20)23(29)32-14-22(28)26-21-10-19(24)6-3-18(21)11-25/h3-8,10,15-16H,9,12-14H2,1-2H3,(H,26,28)/t15-,16+. The van der Waals surface area contributed by atoms with Crippen molar-refractivity contribution in [2.45, 2.75) is 25.2 Å². The number of anilines is 1. The van der Waals surface area contributed by atoms with Gasteiger partial charge >= 0.3 is 5.97 Å². The van der Waals surface area contributed by atoms with Crippen LogP contribution in [0.1, 0.15) is 36.2 Å². The zero-order valence-electron chi connectivity index (χ0n) is 18.2. The van der Waals surface area contributed by atoms with Crippen molar-refractivity contribution in [2.75, 3.05) is 25.0 Å². The highest BCUT2D eigenvalue weighted by molar-refractivity contribution is 7.89. The summed E-state index contributed by atoms with van der Waals surface area (Å²) in [6.07, 6.45) is 0.986. The Morgan fingerprint density at radius 1 is 1.15 bits per heavy atom. The zero-order valence-corrected chi connectivity index (χ0v) is 19.8. The Hall–Kier alpha value is -2.93. The van der Waals surface area contributed by atoms with Crippen molar-refractivity contribution in [2.24, 2.45) is 11.8 Å². The first-order chi connectivity index (χ1) is 15.6. The van der Waals surface area contributed by atoms with Gasteiger partial charge in [-0.3, -0.25) is 4.79 Å². The van der Waals surface area contributed by atoms with Crippen molar-refractivity contribution in [1.82, 2.24) is 4.31 Å². The Bertz CT molecular complexity index is 1180. The molecule has 1 saturated heterocycles. The number of nitrogens with zero attached hydrogens (tertiary/aromatic N) is 2. The van der Waals surface area contributed by atoms with E-state index in [9.17, 15) is 18.0 Å². The number of rotatable bonds is 6. The van der Waals surface area contributed by atoms with Crippen molar-refractivity contribution in [3.05, 3.63) is 58.6 Å². The van der Waals surface area contributed by atoms with Crippen LogP contribution in [-0.2, 0) is 19.6 Å². The van der Waals surface area contributed by atoms with Crippen molar-refractivity contribution < 1.29 is 22.7 Å². The molecule has 1 amide bonds. The zero-order chi connectivity index (χ0) is 24.2. The van der Waals surface area contributed by atoms with Gasteiger partial charge < -0.3 is 10.1 Å². The molecule has 1 heterocycles. The smallest absolute Gasteiger partial charge is 0.338 e. The van der Waals surface area contributed by atoms with Crippen LogP contribution in [0.4, 0.5) is 5.69 Å². The minimum atomic E-state index is -3.66. The number of carbonyl (C=O) groups excluding carboxylic acids is 2. The van der Waals surface area contributed by atoms with Crippen LogP contribution in [0, 0.1) is 23.2 Å². The maximum atomic E-state index is 12.9. The molecule has 2 aromatic rings. The normalized spacial score (nSPS) is 18.8. The topological polar surface area (TPSA) is 117 Å². The molecular formula is C23H24ClN3O5S. The molecule has 0 bridgehead atoms. The van der Waals surface area contributed by atoms with Gasteiger partial charge in [0.1, 0.15) is 6.07 Å². The number of hydrogen-bond acceptors (Lipinski definition) is 6. The van der Waals surface area contributed by atoms with E-state index in [1.165, 1.54) is 46.8 Å². The van der Waals surface area contributed by atoms with Crippen molar-refractivity contribution >= 4 is 39.2 Å². The van der Waals surface area contributed by atoms with Crippen molar-refractivity contribution in [1.29, 1.82) is 5.26 Å². The molecule has 2 atom stereocenters. The quantitative estimate of drug-likeness (QED) is 0.619. The maximum absolute atomic E-state index is 12.9. The fraction of sp³-hybridized carbons (Fsp3) is 0.348. The number of piperidine rings is 1. The Labute approximate surface area is 198 Å². The Morgan fingerprint density at radius 2 is 1.79 bits per heavy atom. The molecule has 1 fully saturated rings. The number of nitriles is 1. The van der Waals surface area contributed by atoms with E-state index >= 15 is 0 Å². The van der Waals surface area contributed by atoms with Crippen molar-refractivity contribution in [3.8, 4) is 6.07 Å². The highest BCUT2D eigenvalue weighted by Crippen LogP contribution is 2.27. The van der Waals surface area contributed by atoms with E-state index < -0.39 is 28.5 Å². The molecule has 10 heteroatoms. The summed E-state index contributed by atoms with van der Waals surface area (Å²) in [4.78, 5) is 24.5. The first-order valence-corrected chi connectivity index (χ1v) is 12.2. The number of amides is 1. The predicted molar refractivity (Wildman–Crippen MR) is 123 cm³/mol. The van der Waals surface area contributed by atoms with E-state index in [1.807, 2.05) is 19.9 Å². The number of halogens is 1. The summed E-state index contributed by atoms with van der Waals surface area (Å²) in [5, 5.41) is 11.9. The van der Waals surface area contributed by atoms with Gasteiger partial charge in [-0.15, -0.1) is 0 Å². The van der Waals surface area contributed by atoms with E-state index in [0.717, 1.165) is 6.42 Å². The second kappa shape index (κ2) is 10.3. The number of nitrogens with one attached hydrogen (secondary N) is 1. The number of benzene rings is 2. The minimum Gasteiger partial charge on any atom is -0.452 e. The molecule has 1 aliphatic rings. The molecule has 0 radical (unpaired) electrons. The molecule has 0 saturated carbocycles. The number of sulfonamides is 1. The molecule has 0 spiro atoms. The van der Waals surface area contributed by atoms with Gasteiger partial charge in [0, 0.05) is 18.1 Å². The highest BCUT2D eigenvalue weighted by atomic mass is 35.5. The molecule has 3 rings (SSSR count). The van der Waals surface area contributed by atoms with Crippen LogP contribution in [0.15, 0.2) is 47.4 Å². The molecule has 2 aromatic carbocycles. The summed E-state index contributed by atoms with van der Waals surface area (Å²) in [5.74, 6) is -0.865. The summed E-state index contributed by atoms with van der Waals surface area (Å²) >= 11 is 5.88. The number of ether oxygens (including phenoxy) is 1. The first-order valence-electron chi connectivity index (χ1n) is 10.4. The lowest BCUT2D eigenvalue weighted by atomic mass is 9.94. The third-order valence-electron chi connectivity index (χ3n) is 5.27. The summed E-state index contributed by atoms with van der Waals surface area (Å²) in [6, 6.07) is 11.8. The van der Waals surface area contributed by atoms with Crippen LogP contribution < -0.4 is 5.32 Å². The largest absolute Gasteiger partial charge is 0.452 e. The Kier molecular flexibility index (Phi) is 7.74. The van der Waals surface area contributed by atoms with Gasteiger partial charge in [0.05, 0.1) is 21.7 Å². The van der Waals surface area contributed by atoms with E-state index in [4.69, 9.17) is 21.6 Å². The molecule has 0 aromatic heterocycles. The molecule has 0 aliphatic carbocycles. The summed E-state index contributed by atoms with van der Waals surface area (Å²) in [5.41, 5.74) is 0.540. The SMILES string of the molecule is C[C@@H]1C[C@H](C)CN(S(=O)(=O)c2ccc(C(=O)OCC(=O)Nc3cc(Cl)ccc3C#N)cc2)C1. The van der Waals surface area contributed by atoms with Gasteiger partial charge in [-0.1, -0.05) is 25.4 Å². The fourth-order valence-corrected chi connectivity index (χ4v) is 5.68. The minimum absolute atomic E-state index is 0.100. The van der Waals surface area contributed by atoms with Crippen LogP contribution in [0.2, 0.25) is 5.02 Å². The first kappa shape index (κ1) is 24.7. The van der Waals surface area contributed by atoms with Gasteiger partial charge in [-0.25, -0.2) is 13.2 Å². The molecule has 1 aliphatic heterocycles. The summed E-state index contributed by atoms with van der Waals surface area (Å²) < 4.78 is 32.4. The van der Waals surface area contributed by atoms with Gasteiger partial charge in [0.15, 0.2) is 6.61 Å². The lowest BCUT2D eigenvalue weighted by Gasteiger charge is -2.34. The van der Waals surface area contributed by atoms with E-state index in [0.29, 0.717) is 18.1 Å². The highest BCUT2D eigenvalue weighted by Gasteiger charge is 2.31. The van der Waals surface area contributed by atoms with Crippen LogP contribution in [0.5, 0.6) is 0 Å². The number of esters is 1. The number of hydrogen-bond donors (Lipinski definition) is 1. The molecule has 33 heavy (non-hydrogen) atoms. The number of carbonyl (C=O) groups is 2. The third-order valence-corrected chi connectivity index (χ3v) is 7.35. The van der Waals surface area contributed by atoms with E-state index in [2.05, 4.69) is 5.32 Å². The predicted octanol–water partition coefficient (Wildman–Crippen LogP) is 3.67. The Morgan fingerprint density at radius 3 is 2.39 bits per heavy atom. The second-order valence-electron chi connectivity index (χ2n) is 8.22. The molecular weight excluding hydrogens is 466 g/mol. The molecule has 8 nitrogen and oxygen atoms in total. The van der Waals surface area contributed by atoms with Gasteiger partial charge in [0.25, 0.3) is 5.91 Å². The second-order valence-corrected chi connectivity index (χ2v) is 10.6. The fourth-order valence-electron chi connectivity index (χ4n) is 3.83. The maximum Gasteiger partial charge on any atom is 0.338 e.